The van der Waals surface area contributed by atoms with Crippen LogP contribution in [-0.2, 0) is 17.6 Å². The van der Waals surface area contributed by atoms with Gasteiger partial charge in [-0.3, -0.25) is 0 Å². The van der Waals surface area contributed by atoms with Gasteiger partial charge in [0.15, 0.2) is 6.10 Å². The van der Waals surface area contributed by atoms with Gasteiger partial charge in [-0.1, -0.05) is 77.6 Å². The first-order valence-electron chi connectivity index (χ1n) is 13.1. The number of unbranched alkanes of at least 4 members (excludes halogenated alkanes) is 11. The first kappa shape index (κ1) is 24.7. The molecule has 1 heterocycles. The molecule has 4 nitrogen and oxygen atoms in total. The van der Waals surface area contributed by atoms with E-state index in [9.17, 15) is 9.90 Å². The third-order valence-corrected chi connectivity index (χ3v) is 6.80. The van der Waals surface area contributed by atoms with Crippen molar-refractivity contribution >= 4 is 16.9 Å². The fourth-order valence-electron chi connectivity index (χ4n) is 4.89. The van der Waals surface area contributed by atoms with Gasteiger partial charge in [-0.05, 0) is 44.2 Å². The lowest BCUT2D eigenvalue weighted by atomic mass is 9.96. The van der Waals surface area contributed by atoms with Crippen LogP contribution in [0.2, 0.25) is 0 Å². The zero-order valence-corrected chi connectivity index (χ0v) is 20.0. The van der Waals surface area contributed by atoms with E-state index in [4.69, 9.17) is 9.15 Å². The van der Waals surface area contributed by atoms with Gasteiger partial charge in [0.25, 0.3) is 0 Å². The van der Waals surface area contributed by atoms with Crippen LogP contribution in [0.3, 0.4) is 0 Å². The van der Waals surface area contributed by atoms with E-state index in [1.807, 2.05) is 18.2 Å². The molecule has 0 aliphatic heterocycles. The Morgan fingerprint density at radius 1 is 0.938 bits per heavy atom. The molecule has 0 spiro atoms. The van der Waals surface area contributed by atoms with Crippen LogP contribution in [0.25, 0.3) is 11.0 Å². The van der Waals surface area contributed by atoms with E-state index in [0.717, 1.165) is 42.4 Å². The first-order valence-corrected chi connectivity index (χ1v) is 13.1. The predicted molar refractivity (Wildman–Crippen MR) is 131 cm³/mol. The molecule has 2 aromatic rings. The van der Waals surface area contributed by atoms with Gasteiger partial charge in [-0.25, -0.2) is 4.79 Å². The van der Waals surface area contributed by atoms with Gasteiger partial charge in [-0.15, -0.1) is 0 Å². The minimum atomic E-state index is -0.882. The number of benzene rings is 1. The number of furan rings is 1. The maximum Gasteiger partial charge on any atom is 0.344 e. The van der Waals surface area contributed by atoms with Crippen LogP contribution in [0.15, 0.2) is 22.6 Å². The third kappa shape index (κ3) is 7.56. The molecule has 1 aromatic heterocycles. The zero-order valence-electron chi connectivity index (χ0n) is 20.0. The quantitative estimate of drug-likeness (QED) is 0.266. The van der Waals surface area contributed by atoms with E-state index in [1.165, 1.54) is 82.6 Å². The molecule has 1 atom stereocenters. The summed E-state index contributed by atoms with van der Waals surface area (Å²) in [5, 5.41) is 10.8. The van der Waals surface area contributed by atoms with Crippen molar-refractivity contribution < 1.29 is 19.1 Å². The number of carboxylic acid groups (broad SMARTS) is 1. The summed E-state index contributed by atoms with van der Waals surface area (Å²) < 4.78 is 11.9. The van der Waals surface area contributed by atoms with Crippen LogP contribution in [0.5, 0.6) is 5.75 Å². The number of carbonyl (C=O) groups is 1. The fourth-order valence-corrected chi connectivity index (χ4v) is 4.89. The Bertz CT molecular complexity index is 822. The van der Waals surface area contributed by atoms with Crippen LogP contribution in [0.1, 0.15) is 115 Å². The van der Waals surface area contributed by atoms with E-state index in [1.54, 1.807) is 0 Å². The summed E-state index contributed by atoms with van der Waals surface area (Å²) in [5.41, 5.74) is 2.15. The van der Waals surface area contributed by atoms with Crippen molar-refractivity contribution in [2.24, 2.45) is 0 Å². The van der Waals surface area contributed by atoms with E-state index < -0.39 is 12.1 Å². The molecule has 4 heteroatoms. The van der Waals surface area contributed by atoms with Crippen LogP contribution in [0.4, 0.5) is 0 Å². The summed E-state index contributed by atoms with van der Waals surface area (Å²) in [7, 11) is 0. The van der Waals surface area contributed by atoms with E-state index in [-0.39, 0.29) is 0 Å². The molecule has 1 aliphatic carbocycles. The molecule has 0 amide bonds. The molecule has 0 radical (unpaired) electrons. The first-order chi connectivity index (χ1) is 15.7. The predicted octanol–water partition coefficient (Wildman–Crippen LogP) is 8.23. The minimum absolute atomic E-state index is 0.555. The average molecular weight is 443 g/mol. The number of rotatable bonds is 16. The second-order valence-electron chi connectivity index (χ2n) is 9.49. The van der Waals surface area contributed by atoms with E-state index >= 15 is 0 Å². The third-order valence-electron chi connectivity index (χ3n) is 6.80. The van der Waals surface area contributed by atoms with Gasteiger partial charge in [0.2, 0.25) is 0 Å². The molecule has 1 aromatic carbocycles. The Kier molecular flexibility index (Phi) is 10.4. The number of fused-ring (bicyclic) bond motifs is 3. The molecule has 1 aliphatic rings. The Morgan fingerprint density at radius 2 is 1.56 bits per heavy atom. The highest BCUT2D eigenvalue weighted by Crippen LogP contribution is 2.34. The number of hydrogen-bond acceptors (Lipinski definition) is 3. The summed E-state index contributed by atoms with van der Waals surface area (Å²) >= 11 is 0. The molecule has 0 fully saturated rings. The van der Waals surface area contributed by atoms with Crippen molar-refractivity contribution in [3.8, 4) is 5.75 Å². The second kappa shape index (κ2) is 13.5. The van der Waals surface area contributed by atoms with Crippen molar-refractivity contribution in [2.45, 2.75) is 122 Å². The Balaban J connectivity index is 1.34. The highest BCUT2D eigenvalue weighted by molar-refractivity contribution is 5.84. The highest BCUT2D eigenvalue weighted by atomic mass is 16.5. The monoisotopic (exact) mass is 442 g/mol. The van der Waals surface area contributed by atoms with Crippen LogP contribution >= 0.6 is 0 Å². The Labute approximate surface area is 193 Å². The minimum Gasteiger partial charge on any atom is -0.479 e. The number of ether oxygens (including phenoxy) is 1. The molecule has 0 saturated heterocycles. The van der Waals surface area contributed by atoms with Crippen molar-refractivity contribution in [3.63, 3.8) is 0 Å². The number of aliphatic carboxylic acids is 1. The summed E-state index contributed by atoms with van der Waals surface area (Å²) in [6, 6.07) is 5.79. The summed E-state index contributed by atoms with van der Waals surface area (Å²) in [6.07, 6.45) is 19.5. The maximum absolute atomic E-state index is 11.7. The van der Waals surface area contributed by atoms with Crippen LogP contribution in [-0.4, -0.2) is 17.2 Å². The summed E-state index contributed by atoms with van der Waals surface area (Å²) in [4.78, 5) is 11.7. The molecular weight excluding hydrogens is 400 g/mol. The molecule has 1 N–H and O–H groups in total. The lowest BCUT2D eigenvalue weighted by Crippen LogP contribution is -2.26. The van der Waals surface area contributed by atoms with Crippen molar-refractivity contribution in [1.29, 1.82) is 0 Å². The number of carboxylic acids is 1. The van der Waals surface area contributed by atoms with Crippen molar-refractivity contribution in [1.82, 2.24) is 0 Å². The molecule has 0 saturated carbocycles. The zero-order chi connectivity index (χ0) is 22.6. The molecule has 3 rings (SSSR count). The normalized spacial score (nSPS) is 14.4. The van der Waals surface area contributed by atoms with Crippen LogP contribution < -0.4 is 4.74 Å². The van der Waals surface area contributed by atoms with Crippen molar-refractivity contribution in [2.75, 3.05) is 0 Å². The van der Waals surface area contributed by atoms with Gasteiger partial charge >= 0.3 is 5.97 Å². The number of hydrogen-bond donors (Lipinski definition) is 1. The lowest BCUT2D eigenvalue weighted by Gasteiger charge is -2.15. The summed E-state index contributed by atoms with van der Waals surface area (Å²) in [5.74, 6) is 0.802. The largest absolute Gasteiger partial charge is 0.479 e. The summed E-state index contributed by atoms with van der Waals surface area (Å²) in [6.45, 7) is 2.26. The topological polar surface area (TPSA) is 59.7 Å². The Hall–Kier alpha value is -1.97. The van der Waals surface area contributed by atoms with Crippen molar-refractivity contribution in [3.05, 3.63) is 29.5 Å². The van der Waals surface area contributed by atoms with Gasteiger partial charge in [-0.2, -0.15) is 0 Å². The number of aryl methyl sites for hydroxylation is 2. The molecule has 0 bridgehead atoms. The van der Waals surface area contributed by atoms with E-state index in [0.29, 0.717) is 12.2 Å². The molecular formula is C28H42O4. The molecule has 178 valence electrons. The smallest absolute Gasteiger partial charge is 0.344 e. The maximum atomic E-state index is 11.7. The lowest BCUT2D eigenvalue weighted by molar-refractivity contribution is -0.145. The van der Waals surface area contributed by atoms with Gasteiger partial charge in [0, 0.05) is 23.4 Å². The second-order valence-corrected chi connectivity index (χ2v) is 9.49. The SMILES string of the molecule is CCCCCCCCCCCCCCC(Oc1ccc2c3c(oc2c1)CCCC3)C(=O)O. The van der Waals surface area contributed by atoms with Gasteiger partial charge in [0.1, 0.15) is 17.1 Å². The standard InChI is InChI=1S/C28H42O4/c1-2-3-4-5-6-7-8-9-10-11-12-13-18-26(28(29)30)31-22-19-20-24-23-16-14-15-17-25(23)32-27(24)21-22/h19-21,26H,2-18H2,1H3,(H,29,30). The molecule has 1 unspecified atom stereocenters. The average Bonchev–Trinajstić information content (AvgIpc) is 3.16. The van der Waals surface area contributed by atoms with Crippen LogP contribution in [0, 0.1) is 0 Å². The fraction of sp³-hybridized carbons (Fsp3) is 0.679. The highest BCUT2D eigenvalue weighted by Gasteiger charge is 2.21. The van der Waals surface area contributed by atoms with E-state index in [2.05, 4.69) is 6.92 Å². The van der Waals surface area contributed by atoms with Gasteiger partial charge in [0.05, 0.1) is 0 Å². The molecule has 32 heavy (non-hydrogen) atoms. The van der Waals surface area contributed by atoms with Gasteiger partial charge < -0.3 is 14.3 Å². The Morgan fingerprint density at radius 3 is 2.22 bits per heavy atom.